The fraction of sp³-hybridized carbons (Fsp3) is 0.600. The van der Waals surface area contributed by atoms with Crippen molar-refractivity contribution in [2.75, 3.05) is 33.9 Å². The fourth-order valence-electron chi connectivity index (χ4n) is 8.27. The van der Waals surface area contributed by atoms with Gasteiger partial charge in [0.2, 0.25) is 10.0 Å². The van der Waals surface area contributed by atoms with E-state index in [0.29, 0.717) is 43.9 Å². The van der Waals surface area contributed by atoms with Gasteiger partial charge in [0, 0.05) is 49.6 Å². The van der Waals surface area contributed by atoms with Crippen molar-refractivity contribution in [1.29, 1.82) is 0 Å². The Morgan fingerprint density at radius 3 is 2.36 bits per heavy atom. The first-order chi connectivity index (χ1) is 18.5. The zero-order valence-corrected chi connectivity index (χ0v) is 24.3. The van der Waals surface area contributed by atoms with Gasteiger partial charge in [-0.1, -0.05) is 31.5 Å². The van der Waals surface area contributed by atoms with Gasteiger partial charge in [-0.15, -0.1) is 0 Å². The summed E-state index contributed by atoms with van der Waals surface area (Å²) in [6.45, 7) is 8.47. The molecule has 1 saturated carbocycles. The highest BCUT2D eigenvalue weighted by molar-refractivity contribution is 7.89. The molecule has 1 aliphatic carbocycles. The number of aliphatic hydroxyl groups is 1. The second-order valence-electron chi connectivity index (χ2n) is 12.2. The van der Waals surface area contributed by atoms with Gasteiger partial charge in [0.15, 0.2) is 0 Å². The number of benzene rings is 2. The number of rotatable bonds is 7. The van der Waals surface area contributed by atoms with Crippen LogP contribution in [0.5, 0.6) is 11.5 Å². The van der Waals surface area contributed by atoms with E-state index in [1.807, 2.05) is 37.3 Å². The molecule has 39 heavy (non-hydrogen) atoms. The molecule has 3 saturated heterocycles. The number of nitrogens with zero attached hydrogens (tertiary/aromatic N) is 2. The molecule has 0 radical (unpaired) electrons. The van der Waals surface area contributed by atoms with Crippen molar-refractivity contribution in [2.45, 2.75) is 68.4 Å². The normalized spacial score (nSPS) is 34.3. The number of hydrogen-bond donors (Lipinski definition) is 1. The predicted molar refractivity (Wildman–Crippen MR) is 147 cm³/mol. The van der Waals surface area contributed by atoms with Gasteiger partial charge in [0.1, 0.15) is 17.1 Å². The maximum Gasteiger partial charge on any atom is 0.243 e. The van der Waals surface area contributed by atoms with Crippen molar-refractivity contribution in [3.8, 4) is 11.5 Å². The molecule has 9 heteroatoms. The molecule has 8 nitrogen and oxygen atoms in total. The molecule has 6 atom stereocenters. The number of ether oxygens (including phenoxy) is 3. The van der Waals surface area contributed by atoms with Crippen molar-refractivity contribution in [2.24, 2.45) is 17.8 Å². The Bertz CT molecular complexity index is 1330. The molecular weight excluding hydrogens is 516 g/mol. The maximum atomic E-state index is 14.3. The van der Waals surface area contributed by atoms with E-state index in [0.717, 1.165) is 22.6 Å². The predicted octanol–water partition coefficient (Wildman–Crippen LogP) is 3.45. The van der Waals surface area contributed by atoms with Crippen molar-refractivity contribution in [3.63, 3.8) is 0 Å². The van der Waals surface area contributed by atoms with Gasteiger partial charge in [-0.25, -0.2) is 8.42 Å². The Labute approximate surface area is 231 Å². The molecule has 0 unspecified atom stereocenters. The van der Waals surface area contributed by atoms with E-state index in [1.54, 1.807) is 30.7 Å². The van der Waals surface area contributed by atoms with E-state index in [-0.39, 0.29) is 23.9 Å². The van der Waals surface area contributed by atoms with Crippen LogP contribution in [0.2, 0.25) is 0 Å². The number of sulfonamides is 1. The third kappa shape index (κ3) is 4.03. The van der Waals surface area contributed by atoms with Gasteiger partial charge in [-0.3, -0.25) is 4.90 Å². The highest BCUT2D eigenvalue weighted by Crippen LogP contribution is 2.64. The lowest BCUT2D eigenvalue weighted by atomic mass is 9.59. The molecule has 212 valence electrons. The van der Waals surface area contributed by atoms with Crippen LogP contribution in [0.1, 0.15) is 37.8 Å². The number of aryl methyl sites for hydroxylation is 1. The first-order valence-electron chi connectivity index (χ1n) is 13.9. The van der Waals surface area contributed by atoms with Crippen LogP contribution >= 0.6 is 0 Å². The van der Waals surface area contributed by atoms with E-state index < -0.39 is 27.3 Å². The third-order valence-corrected chi connectivity index (χ3v) is 11.7. The molecule has 4 aliphatic rings. The lowest BCUT2D eigenvalue weighted by molar-refractivity contribution is -0.119. The lowest BCUT2D eigenvalue weighted by Gasteiger charge is -2.51. The monoisotopic (exact) mass is 556 g/mol. The minimum Gasteiger partial charge on any atom is -0.497 e. The summed E-state index contributed by atoms with van der Waals surface area (Å²) in [5, 5.41) is 11.3. The molecule has 1 N–H and O–H groups in total. The summed E-state index contributed by atoms with van der Waals surface area (Å²) in [4.78, 5) is 2.68. The Morgan fingerprint density at radius 2 is 1.74 bits per heavy atom. The second kappa shape index (κ2) is 9.45. The summed E-state index contributed by atoms with van der Waals surface area (Å²) < 4.78 is 48.2. The van der Waals surface area contributed by atoms with Gasteiger partial charge < -0.3 is 19.3 Å². The quantitative estimate of drug-likeness (QED) is 0.559. The lowest BCUT2D eigenvalue weighted by Crippen LogP contribution is -2.60. The van der Waals surface area contributed by atoms with Gasteiger partial charge in [-0.2, -0.15) is 4.31 Å². The number of fused-ring (bicyclic) bond motifs is 2. The van der Waals surface area contributed by atoms with E-state index >= 15 is 0 Å². The van der Waals surface area contributed by atoms with Crippen LogP contribution in [0.3, 0.4) is 0 Å². The van der Waals surface area contributed by atoms with Gasteiger partial charge >= 0.3 is 0 Å². The number of likely N-dealkylation sites (tertiary alicyclic amines) is 1. The van der Waals surface area contributed by atoms with Crippen molar-refractivity contribution in [3.05, 3.63) is 53.6 Å². The number of morpholine rings is 1. The average Bonchev–Trinajstić information content (AvgIpc) is 3.32. The number of aliphatic hydroxyl groups excluding tert-OH is 1. The molecule has 4 fully saturated rings. The average molecular weight is 557 g/mol. The molecule has 3 aliphatic heterocycles. The van der Waals surface area contributed by atoms with Crippen LogP contribution in [-0.2, 0) is 21.3 Å². The standard InChI is InChI=1S/C30H40N2O6S/c1-19(2)30-11-10-25(33)27-26-16-31(15-21-12-22(36-4)14-23(13-21)37-5)17-29(38-26,28(27)30)18-32(30)39(34,35)24-8-6-20(3)7-9-24/h6-9,12-14,19,25-28,33H,10-11,15-18H2,1-5H3/t25-,26+,27+,28+,29+,30-/m0/s1. The zero-order chi connectivity index (χ0) is 27.7. The zero-order valence-electron chi connectivity index (χ0n) is 23.5. The largest absolute Gasteiger partial charge is 0.497 e. The van der Waals surface area contributed by atoms with E-state index in [2.05, 4.69) is 18.7 Å². The van der Waals surface area contributed by atoms with Crippen LogP contribution in [0.15, 0.2) is 47.4 Å². The van der Waals surface area contributed by atoms with Crippen molar-refractivity contribution in [1.82, 2.24) is 9.21 Å². The van der Waals surface area contributed by atoms with E-state index in [1.165, 1.54) is 0 Å². The first kappa shape index (κ1) is 27.0. The Morgan fingerprint density at radius 1 is 1.08 bits per heavy atom. The van der Waals surface area contributed by atoms with E-state index in [9.17, 15) is 13.5 Å². The summed E-state index contributed by atoms with van der Waals surface area (Å²) in [6.07, 6.45) is 0.548. The Kier molecular flexibility index (Phi) is 6.55. The van der Waals surface area contributed by atoms with Crippen LogP contribution in [0, 0.1) is 24.7 Å². The van der Waals surface area contributed by atoms with Crippen molar-refractivity contribution >= 4 is 10.0 Å². The first-order valence-corrected chi connectivity index (χ1v) is 15.4. The topological polar surface area (TPSA) is 88.5 Å². The fourth-order valence-corrected chi connectivity index (χ4v) is 10.3. The summed E-state index contributed by atoms with van der Waals surface area (Å²) in [5.41, 5.74) is 0.788. The third-order valence-electron chi connectivity index (χ3n) is 9.82. The highest BCUT2D eigenvalue weighted by Gasteiger charge is 2.76. The number of methoxy groups -OCH3 is 2. The summed E-state index contributed by atoms with van der Waals surface area (Å²) in [6, 6.07) is 13.0. The Balaban J connectivity index is 1.40. The molecule has 2 aromatic carbocycles. The molecule has 6 rings (SSSR count). The summed E-state index contributed by atoms with van der Waals surface area (Å²) in [5.74, 6) is 1.35. The van der Waals surface area contributed by atoms with Crippen LogP contribution < -0.4 is 9.47 Å². The van der Waals surface area contributed by atoms with Gasteiger partial charge in [0.25, 0.3) is 0 Å². The maximum absolute atomic E-state index is 14.3. The van der Waals surface area contributed by atoms with Crippen LogP contribution in [0.25, 0.3) is 0 Å². The molecule has 1 spiro atoms. The second-order valence-corrected chi connectivity index (χ2v) is 14.1. The van der Waals surface area contributed by atoms with E-state index in [4.69, 9.17) is 14.2 Å². The SMILES string of the molecule is COc1cc(CN2C[C@H]3O[C@]4(C2)CN(S(=O)(=O)c2ccc(C)cc2)[C@]2(C(C)C)CC[C@H](O)[C@H]3[C@H]42)cc(OC)c1. The van der Waals surface area contributed by atoms with Crippen LogP contribution in [-0.4, -0.2) is 79.9 Å². The molecular formula is C30H40N2O6S. The molecule has 2 aromatic rings. The van der Waals surface area contributed by atoms with Gasteiger partial charge in [0.05, 0.1) is 31.3 Å². The molecule has 2 bridgehead atoms. The van der Waals surface area contributed by atoms with Crippen molar-refractivity contribution < 1.29 is 27.7 Å². The van der Waals surface area contributed by atoms with Crippen LogP contribution in [0.4, 0.5) is 0 Å². The minimum atomic E-state index is -3.79. The summed E-state index contributed by atoms with van der Waals surface area (Å²) >= 11 is 0. The highest BCUT2D eigenvalue weighted by atomic mass is 32.2. The summed E-state index contributed by atoms with van der Waals surface area (Å²) in [7, 11) is -0.496. The molecule has 0 amide bonds. The van der Waals surface area contributed by atoms with Gasteiger partial charge in [-0.05, 0) is 55.5 Å². The smallest absolute Gasteiger partial charge is 0.243 e. The molecule has 3 heterocycles. The Hall–Kier alpha value is -2.17. The minimum absolute atomic E-state index is 0.0659. The number of hydrogen-bond acceptors (Lipinski definition) is 7. The molecule has 0 aromatic heterocycles.